The van der Waals surface area contributed by atoms with Crippen molar-refractivity contribution in [3.63, 3.8) is 0 Å². The molecule has 0 spiro atoms. The van der Waals surface area contributed by atoms with Crippen LogP contribution in [0.1, 0.15) is 36.1 Å². The van der Waals surface area contributed by atoms with Crippen molar-refractivity contribution in [1.82, 2.24) is 25.4 Å². The lowest BCUT2D eigenvalue weighted by Gasteiger charge is -2.11. The molecule has 0 aromatic carbocycles. The fraction of sp³-hybridized carbons (Fsp3) is 0.500. The van der Waals surface area contributed by atoms with Gasteiger partial charge in [0.05, 0.1) is 17.9 Å². The minimum Gasteiger partial charge on any atom is -0.357 e. The SMILES string of the molecule is CCNC(=NCc1cccc(C)n1)NCCCn1nc(C)cc1C.I. The van der Waals surface area contributed by atoms with Crippen molar-refractivity contribution in [2.24, 2.45) is 4.99 Å². The van der Waals surface area contributed by atoms with Crippen molar-refractivity contribution >= 4 is 29.9 Å². The van der Waals surface area contributed by atoms with Gasteiger partial charge >= 0.3 is 0 Å². The summed E-state index contributed by atoms with van der Waals surface area (Å²) in [7, 11) is 0. The van der Waals surface area contributed by atoms with Gasteiger partial charge in [-0.05, 0) is 52.3 Å². The molecule has 0 bridgehead atoms. The van der Waals surface area contributed by atoms with Crippen LogP contribution in [0.4, 0.5) is 0 Å². The third-order valence-corrected chi connectivity index (χ3v) is 3.63. The molecule has 25 heavy (non-hydrogen) atoms. The molecule has 0 aliphatic carbocycles. The van der Waals surface area contributed by atoms with Crippen LogP contribution in [-0.2, 0) is 13.1 Å². The predicted octanol–water partition coefficient (Wildman–Crippen LogP) is 2.97. The molecule has 0 saturated carbocycles. The molecule has 7 heteroatoms. The number of aryl methyl sites for hydroxylation is 4. The highest BCUT2D eigenvalue weighted by Gasteiger charge is 2.02. The molecule has 138 valence electrons. The molecular formula is C18H29IN6. The van der Waals surface area contributed by atoms with Gasteiger partial charge in [0.2, 0.25) is 0 Å². The minimum atomic E-state index is 0. The first-order valence-electron chi connectivity index (χ1n) is 8.54. The molecule has 6 nitrogen and oxygen atoms in total. The van der Waals surface area contributed by atoms with Gasteiger partial charge in [0.1, 0.15) is 0 Å². The number of rotatable bonds is 7. The molecule has 0 amide bonds. The molecule has 2 heterocycles. The number of aliphatic imine (C=N–C) groups is 1. The summed E-state index contributed by atoms with van der Waals surface area (Å²) in [6.45, 7) is 11.4. The summed E-state index contributed by atoms with van der Waals surface area (Å²) in [6.07, 6.45) is 0.995. The third-order valence-electron chi connectivity index (χ3n) is 3.63. The first kappa shape index (κ1) is 21.4. The normalized spacial score (nSPS) is 11.1. The van der Waals surface area contributed by atoms with Gasteiger partial charge in [-0.25, -0.2) is 4.99 Å². The fourth-order valence-corrected chi connectivity index (χ4v) is 2.53. The zero-order valence-electron chi connectivity index (χ0n) is 15.5. The van der Waals surface area contributed by atoms with Gasteiger partial charge in [-0.1, -0.05) is 6.07 Å². The number of aromatic nitrogens is 3. The summed E-state index contributed by atoms with van der Waals surface area (Å²) >= 11 is 0. The van der Waals surface area contributed by atoms with Crippen molar-refractivity contribution in [3.05, 3.63) is 47.0 Å². The average molecular weight is 456 g/mol. The quantitative estimate of drug-likeness (QED) is 0.291. The van der Waals surface area contributed by atoms with E-state index in [9.17, 15) is 0 Å². The highest BCUT2D eigenvalue weighted by molar-refractivity contribution is 14.0. The summed E-state index contributed by atoms with van der Waals surface area (Å²) < 4.78 is 2.05. The van der Waals surface area contributed by atoms with Crippen molar-refractivity contribution in [2.45, 2.75) is 47.2 Å². The zero-order chi connectivity index (χ0) is 17.4. The lowest BCUT2D eigenvalue weighted by atomic mass is 10.3. The Morgan fingerprint density at radius 2 is 1.96 bits per heavy atom. The van der Waals surface area contributed by atoms with Crippen molar-refractivity contribution in [3.8, 4) is 0 Å². The number of nitrogens with one attached hydrogen (secondary N) is 2. The Hall–Kier alpha value is -1.64. The lowest BCUT2D eigenvalue weighted by molar-refractivity contribution is 0.555. The number of pyridine rings is 1. The maximum absolute atomic E-state index is 4.60. The zero-order valence-corrected chi connectivity index (χ0v) is 17.9. The van der Waals surface area contributed by atoms with E-state index in [4.69, 9.17) is 0 Å². The Morgan fingerprint density at radius 1 is 1.16 bits per heavy atom. The highest BCUT2D eigenvalue weighted by atomic mass is 127. The molecule has 0 aliphatic heterocycles. The maximum Gasteiger partial charge on any atom is 0.191 e. The Bertz CT molecular complexity index is 680. The molecule has 0 aliphatic rings. The van der Waals surface area contributed by atoms with Crippen LogP contribution < -0.4 is 10.6 Å². The third kappa shape index (κ3) is 7.41. The van der Waals surface area contributed by atoms with E-state index in [1.807, 2.05) is 32.0 Å². The van der Waals surface area contributed by atoms with Crippen molar-refractivity contribution in [1.29, 1.82) is 0 Å². The van der Waals surface area contributed by atoms with Crippen LogP contribution in [0.5, 0.6) is 0 Å². The number of hydrogen-bond donors (Lipinski definition) is 2. The molecular weight excluding hydrogens is 427 g/mol. The molecule has 2 N–H and O–H groups in total. The summed E-state index contributed by atoms with van der Waals surface area (Å²) in [5.41, 5.74) is 4.28. The van der Waals surface area contributed by atoms with Gasteiger partial charge in [0.25, 0.3) is 0 Å². The van der Waals surface area contributed by atoms with Crippen LogP contribution >= 0.6 is 24.0 Å². The number of hydrogen-bond acceptors (Lipinski definition) is 3. The van der Waals surface area contributed by atoms with E-state index in [1.54, 1.807) is 0 Å². The van der Waals surface area contributed by atoms with E-state index in [2.05, 4.69) is 50.3 Å². The van der Waals surface area contributed by atoms with Gasteiger partial charge in [-0.15, -0.1) is 24.0 Å². The van der Waals surface area contributed by atoms with Crippen molar-refractivity contribution in [2.75, 3.05) is 13.1 Å². The van der Waals surface area contributed by atoms with Crippen LogP contribution in [0, 0.1) is 20.8 Å². The summed E-state index contributed by atoms with van der Waals surface area (Å²) in [4.78, 5) is 9.08. The molecule has 0 saturated heterocycles. The van der Waals surface area contributed by atoms with Gasteiger partial charge < -0.3 is 10.6 Å². The van der Waals surface area contributed by atoms with Gasteiger partial charge in [-0.3, -0.25) is 9.67 Å². The van der Waals surface area contributed by atoms with Crippen molar-refractivity contribution < 1.29 is 0 Å². The molecule has 2 rings (SSSR count). The Labute approximate surface area is 167 Å². The first-order chi connectivity index (χ1) is 11.6. The van der Waals surface area contributed by atoms with E-state index in [-0.39, 0.29) is 24.0 Å². The fourth-order valence-electron chi connectivity index (χ4n) is 2.53. The average Bonchev–Trinajstić information content (AvgIpc) is 2.87. The van der Waals surface area contributed by atoms with E-state index >= 15 is 0 Å². The van der Waals surface area contributed by atoms with Crippen LogP contribution in [0.15, 0.2) is 29.3 Å². The smallest absolute Gasteiger partial charge is 0.191 e. The maximum atomic E-state index is 4.60. The summed E-state index contributed by atoms with van der Waals surface area (Å²) in [6, 6.07) is 8.12. The van der Waals surface area contributed by atoms with Gasteiger partial charge in [0.15, 0.2) is 5.96 Å². The number of guanidine groups is 1. The second kappa shape index (κ2) is 11.1. The predicted molar refractivity (Wildman–Crippen MR) is 114 cm³/mol. The van der Waals surface area contributed by atoms with Gasteiger partial charge in [0, 0.05) is 31.0 Å². The summed E-state index contributed by atoms with van der Waals surface area (Å²) in [5.74, 6) is 0.828. The van der Waals surface area contributed by atoms with E-state index in [0.717, 1.165) is 49.1 Å². The Morgan fingerprint density at radius 3 is 2.60 bits per heavy atom. The minimum absolute atomic E-state index is 0. The number of nitrogens with zero attached hydrogens (tertiary/aromatic N) is 4. The molecule has 0 radical (unpaired) electrons. The second-order valence-electron chi connectivity index (χ2n) is 5.90. The second-order valence-corrected chi connectivity index (χ2v) is 5.90. The molecule has 2 aromatic rings. The highest BCUT2D eigenvalue weighted by Crippen LogP contribution is 2.02. The van der Waals surface area contributed by atoms with E-state index in [0.29, 0.717) is 6.54 Å². The molecule has 2 aromatic heterocycles. The van der Waals surface area contributed by atoms with E-state index < -0.39 is 0 Å². The molecule has 0 fully saturated rings. The van der Waals surface area contributed by atoms with Crippen LogP contribution in [0.25, 0.3) is 0 Å². The number of halogens is 1. The Kier molecular flexibility index (Phi) is 9.48. The largest absolute Gasteiger partial charge is 0.357 e. The molecule has 0 atom stereocenters. The lowest BCUT2D eigenvalue weighted by Crippen LogP contribution is -2.38. The van der Waals surface area contributed by atoms with Crippen LogP contribution in [0.2, 0.25) is 0 Å². The monoisotopic (exact) mass is 456 g/mol. The molecule has 0 unspecified atom stereocenters. The van der Waals surface area contributed by atoms with Crippen LogP contribution in [-0.4, -0.2) is 33.8 Å². The summed E-state index contributed by atoms with van der Waals surface area (Å²) in [5, 5.41) is 11.1. The topological polar surface area (TPSA) is 67.1 Å². The van der Waals surface area contributed by atoms with E-state index in [1.165, 1.54) is 5.69 Å². The van der Waals surface area contributed by atoms with Gasteiger partial charge in [-0.2, -0.15) is 5.10 Å². The Balaban J connectivity index is 0.00000312. The van der Waals surface area contributed by atoms with Crippen LogP contribution in [0.3, 0.4) is 0 Å². The standard InChI is InChI=1S/C18H28N6.HI/c1-5-19-18(21-13-17-9-6-8-14(2)22-17)20-10-7-11-24-16(4)12-15(3)23-24;/h6,8-9,12H,5,7,10-11,13H2,1-4H3,(H2,19,20,21);1H. The first-order valence-corrected chi connectivity index (χ1v) is 8.54.